The van der Waals surface area contributed by atoms with Gasteiger partial charge in [0.05, 0.1) is 0 Å². The van der Waals surface area contributed by atoms with E-state index in [1.54, 1.807) is 6.07 Å². The SMILES string of the molecule is CNc1cc(C2CC2)nc(Cc2ccc(F)cc2Cl)n1. The second kappa shape index (κ2) is 5.37. The summed E-state index contributed by atoms with van der Waals surface area (Å²) in [5.41, 5.74) is 1.92. The average Bonchev–Trinajstić information content (AvgIpc) is 3.26. The predicted octanol–water partition coefficient (Wildman–Crippen LogP) is 3.78. The third-order valence-electron chi connectivity index (χ3n) is 3.41. The third kappa shape index (κ3) is 2.90. The monoisotopic (exact) mass is 291 g/mol. The number of rotatable bonds is 4. The van der Waals surface area contributed by atoms with Crippen LogP contribution in [-0.2, 0) is 6.42 Å². The van der Waals surface area contributed by atoms with E-state index < -0.39 is 0 Å². The van der Waals surface area contributed by atoms with Crippen LogP contribution in [0.5, 0.6) is 0 Å². The molecule has 1 saturated carbocycles. The van der Waals surface area contributed by atoms with Gasteiger partial charge in [0.15, 0.2) is 0 Å². The van der Waals surface area contributed by atoms with Crippen LogP contribution in [0.25, 0.3) is 0 Å². The Morgan fingerprint density at radius 1 is 1.30 bits per heavy atom. The van der Waals surface area contributed by atoms with Crippen LogP contribution >= 0.6 is 11.6 Å². The van der Waals surface area contributed by atoms with Gasteiger partial charge in [-0.25, -0.2) is 14.4 Å². The molecule has 0 bridgehead atoms. The van der Waals surface area contributed by atoms with Gasteiger partial charge >= 0.3 is 0 Å². The Labute approximate surface area is 122 Å². The molecule has 0 saturated heterocycles. The third-order valence-corrected chi connectivity index (χ3v) is 3.76. The van der Waals surface area contributed by atoms with Crippen LogP contribution in [0.1, 0.15) is 35.8 Å². The Morgan fingerprint density at radius 2 is 2.10 bits per heavy atom. The normalized spacial score (nSPS) is 14.3. The fraction of sp³-hybridized carbons (Fsp3) is 0.333. The number of aromatic nitrogens is 2. The number of nitrogens with zero attached hydrogens (tertiary/aromatic N) is 2. The van der Waals surface area contributed by atoms with Crippen molar-refractivity contribution in [1.29, 1.82) is 0 Å². The lowest BCUT2D eigenvalue weighted by Crippen LogP contribution is -2.04. The second-order valence-electron chi connectivity index (χ2n) is 5.03. The van der Waals surface area contributed by atoms with Gasteiger partial charge in [-0.1, -0.05) is 17.7 Å². The van der Waals surface area contributed by atoms with E-state index in [9.17, 15) is 4.39 Å². The topological polar surface area (TPSA) is 37.8 Å². The summed E-state index contributed by atoms with van der Waals surface area (Å²) in [7, 11) is 1.84. The summed E-state index contributed by atoms with van der Waals surface area (Å²) in [6.45, 7) is 0. The Balaban J connectivity index is 1.91. The summed E-state index contributed by atoms with van der Waals surface area (Å²) in [6, 6.07) is 6.41. The lowest BCUT2D eigenvalue weighted by atomic mass is 10.1. The Kier molecular flexibility index (Phi) is 3.57. The minimum atomic E-state index is -0.331. The second-order valence-corrected chi connectivity index (χ2v) is 5.44. The van der Waals surface area contributed by atoms with Gasteiger partial charge in [-0.3, -0.25) is 0 Å². The minimum Gasteiger partial charge on any atom is -0.373 e. The first kappa shape index (κ1) is 13.3. The number of hydrogen-bond acceptors (Lipinski definition) is 3. The number of benzene rings is 1. The largest absolute Gasteiger partial charge is 0.373 e. The van der Waals surface area contributed by atoms with Crippen molar-refractivity contribution < 1.29 is 4.39 Å². The molecule has 1 fully saturated rings. The van der Waals surface area contributed by atoms with Crippen LogP contribution in [0.15, 0.2) is 24.3 Å². The number of hydrogen-bond donors (Lipinski definition) is 1. The molecule has 1 aromatic carbocycles. The molecule has 1 heterocycles. The Hall–Kier alpha value is -1.68. The van der Waals surface area contributed by atoms with Gasteiger partial charge in [0, 0.05) is 36.2 Å². The van der Waals surface area contributed by atoms with Gasteiger partial charge in [0.1, 0.15) is 17.5 Å². The van der Waals surface area contributed by atoms with Crippen molar-refractivity contribution in [1.82, 2.24) is 9.97 Å². The number of anilines is 1. The van der Waals surface area contributed by atoms with Crippen molar-refractivity contribution in [3.63, 3.8) is 0 Å². The quantitative estimate of drug-likeness (QED) is 0.931. The molecule has 0 spiro atoms. The van der Waals surface area contributed by atoms with Crippen molar-refractivity contribution in [3.8, 4) is 0 Å². The van der Waals surface area contributed by atoms with Gasteiger partial charge in [-0.15, -0.1) is 0 Å². The molecule has 1 aliphatic carbocycles. The molecule has 0 aliphatic heterocycles. The molecule has 1 aromatic heterocycles. The van der Waals surface area contributed by atoms with Crippen LogP contribution in [0.4, 0.5) is 10.2 Å². The summed E-state index contributed by atoms with van der Waals surface area (Å²) in [5.74, 6) is 1.76. The lowest BCUT2D eigenvalue weighted by molar-refractivity contribution is 0.627. The van der Waals surface area contributed by atoms with E-state index in [2.05, 4.69) is 15.3 Å². The molecule has 0 unspecified atom stereocenters. The maximum atomic E-state index is 13.1. The van der Waals surface area contributed by atoms with Crippen molar-refractivity contribution in [2.75, 3.05) is 12.4 Å². The van der Waals surface area contributed by atoms with Crippen LogP contribution in [0.2, 0.25) is 5.02 Å². The van der Waals surface area contributed by atoms with Gasteiger partial charge in [-0.2, -0.15) is 0 Å². The van der Waals surface area contributed by atoms with E-state index in [4.69, 9.17) is 11.6 Å². The molecule has 20 heavy (non-hydrogen) atoms. The zero-order valence-electron chi connectivity index (χ0n) is 11.2. The summed E-state index contributed by atoms with van der Waals surface area (Å²) >= 11 is 6.06. The molecule has 0 radical (unpaired) electrons. The van der Waals surface area contributed by atoms with Gasteiger partial charge in [0.25, 0.3) is 0 Å². The predicted molar refractivity (Wildman–Crippen MR) is 77.8 cm³/mol. The maximum absolute atomic E-state index is 13.1. The van der Waals surface area contributed by atoms with E-state index in [1.807, 2.05) is 13.1 Å². The van der Waals surface area contributed by atoms with Gasteiger partial charge in [-0.05, 0) is 30.5 Å². The average molecular weight is 292 g/mol. The van der Waals surface area contributed by atoms with E-state index in [1.165, 1.54) is 25.0 Å². The van der Waals surface area contributed by atoms with E-state index in [-0.39, 0.29) is 5.82 Å². The molecule has 1 aliphatic rings. The molecular formula is C15H15ClFN3. The van der Waals surface area contributed by atoms with Crippen molar-refractivity contribution in [2.45, 2.75) is 25.2 Å². The van der Waals surface area contributed by atoms with Crippen LogP contribution in [0.3, 0.4) is 0 Å². The zero-order valence-corrected chi connectivity index (χ0v) is 11.9. The van der Waals surface area contributed by atoms with Gasteiger partial charge in [0.2, 0.25) is 0 Å². The van der Waals surface area contributed by atoms with E-state index in [0.29, 0.717) is 23.2 Å². The fourth-order valence-corrected chi connectivity index (χ4v) is 2.38. The van der Waals surface area contributed by atoms with Crippen molar-refractivity contribution in [2.24, 2.45) is 0 Å². The van der Waals surface area contributed by atoms with E-state index >= 15 is 0 Å². The first-order valence-corrected chi connectivity index (χ1v) is 7.03. The first-order chi connectivity index (χ1) is 9.65. The Morgan fingerprint density at radius 3 is 2.75 bits per heavy atom. The highest BCUT2D eigenvalue weighted by atomic mass is 35.5. The first-order valence-electron chi connectivity index (χ1n) is 6.65. The van der Waals surface area contributed by atoms with Crippen molar-refractivity contribution in [3.05, 3.63) is 52.2 Å². The molecule has 104 valence electrons. The molecule has 0 amide bonds. The molecular weight excluding hydrogens is 277 g/mol. The smallest absolute Gasteiger partial charge is 0.135 e. The highest BCUT2D eigenvalue weighted by Crippen LogP contribution is 2.39. The summed E-state index contributed by atoms with van der Waals surface area (Å²) < 4.78 is 13.1. The number of nitrogens with one attached hydrogen (secondary N) is 1. The lowest BCUT2D eigenvalue weighted by Gasteiger charge is -2.08. The number of halogens is 2. The van der Waals surface area contributed by atoms with Crippen LogP contribution in [0, 0.1) is 5.82 Å². The molecule has 2 aromatic rings. The standard InChI is InChI=1S/C15H15ClFN3/c1-18-14-8-13(9-2-3-9)19-15(20-14)6-10-4-5-11(17)7-12(10)16/h4-5,7-9H,2-3,6H2,1H3,(H,18,19,20). The fourth-order valence-electron chi connectivity index (χ4n) is 2.15. The highest BCUT2D eigenvalue weighted by molar-refractivity contribution is 6.31. The molecule has 3 nitrogen and oxygen atoms in total. The highest BCUT2D eigenvalue weighted by Gasteiger charge is 2.26. The molecule has 0 atom stereocenters. The van der Waals surface area contributed by atoms with Crippen molar-refractivity contribution >= 4 is 17.4 Å². The zero-order chi connectivity index (χ0) is 14.1. The molecule has 5 heteroatoms. The minimum absolute atomic E-state index is 0.331. The summed E-state index contributed by atoms with van der Waals surface area (Å²) in [5, 5.41) is 3.47. The summed E-state index contributed by atoms with van der Waals surface area (Å²) in [4.78, 5) is 9.04. The molecule has 1 N–H and O–H groups in total. The van der Waals surface area contributed by atoms with E-state index in [0.717, 1.165) is 17.1 Å². The van der Waals surface area contributed by atoms with Crippen LogP contribution in [-0.4, -0.2) is 17.0 Å². The maximum Gasteiger partial charge on any atom is 0.135 e. The molecule has 3 rings (SSSR count). The van der Waals surface area contributed by atoms with Gasteiger partial charge < -0.3 is 5.32 Å². The van der Waals surface area contributed by atoms with Crippen LogP contribution < -0.4 is 5.32 Å². The Bertz CT molecular complexity index is 641. The summed E-state index contributed by atoms with van der Waals surface area (Å²) in [6.07, 6.45) is 2.89.